The summed E-state index contributed by atoms with van der Waals surface area (Å²) in [5, 5.41) is 17.6. The van der Waals surface area contributed by atoms with E-state index in [1.165, 1.54) is 12.4 Å². The third-order valence-corrected chi connectivity index (χ3v) is 6.27. The Morgan fingerprint density at radius 3 is 2.61 bits per heavy atom. The van der Waals surface area contributed by atoms with Gasteiger partial charge in [0.15, 0.2) is 0 Å². The van der Waals surface area contributed by atoms with Crippen LogP contribution in [0.25, 0.3) is 0 Å². The molecule has 0 aliphatic heterocycles. The molecule has 2 aromatic carbocycles. The van der Waals surface area contributed by atoms with Crippen LogP contribution in [0, 0.1) is 5.82 Å². The number of aromatic amines is 1. The number of rotatable bonds is 4. The van der Waals surface area contributed by atoms with Gasteiger partial charge in [0.05, 0.1) is 10.6 Å². The van der Waals surface area contributed by atoms with Gasteiger partial charge in [-0.15, -0.1) is 5.10 Å². The second kappa shape index (κ2) is 7.30. The van der Waals surface area contributed by atoms with Crippen molar-refractivity contribution in [3.63, 3.8) is 0 Å². The van der Waals surface area contributed by atoms with Crippen LogP contribution in [0.1, 0.15) is 17.2 Å². The summed E-state index contributed by atoms with van der Waals surface area (Å²) in [5.74, 6) is -0.539. The molecule has 142 valence electrons. The highest BCUT2D eigenvalue weighted by Crippen LogP contribution is 2.39. The molecular formula is C18H13FN4O3S2. The molecule has 1 aliphatic rings. The number of aliphatic hydroxyl groups excluding tert-OH is 1. The molecule has 3 aromatic rings. The lowest BCUT2D eigenvalue weighted by Crippen LogP contribution is -2.16. The molecule has 0 fully saturated rings. The summed E-state index contributed by atoms with van der Waals surface area (Å²) in [7, 11) is -4.07. The van der Waals surface area contributed by atoms with Crippen molar-refractivity contribution < 1.29 is 17.9 Å². The van der Waals surface area contributed by atoms with Gasteiger partial charge in [-0.2, -0.15) is 12.8 Å². The molecule has 0 saturated carbocycles. The van der Waals surface area contributed by atoms with Gasteiger partial charge in [0.2, 0.25) is 5.16 Å². The smallest absolute Gasteiger partial charge is 0.282 e. The molecule has 28 heavy (non-hydrogen) atoms. The number of fused-ring (bicyclic) bond motifs is 1. The van der Waals surface area contributed by atoms with Gasteiger partial charge in [-0.1, -0.05) is 24.3 Å². The van der Waals surface area contributed by atoms with Crippen LogP contribution in [0.15, 0.2) is 80.3 Å². The Balaban J connectivity index is 1.81. The van der Waals surface area contributed by atoms with Crippen molar-refractivity contribution in [2.24, 2.45) is 4.40 Å². The fourth-order valence-corrected chi connectivity index (χ4v) is 4.53. The lowest BCUT2D eigenvalue weighted by molar-refractivity contribution is 0.224. The van der Waals surface area contributed by atoms with Crippen molar-refractivity contribution in [2.75, 3.05) is 0 Å². The normalized spacial score (nSPS) is 18.0. The Labute approximate surface area is 164 Å². The number of benzene rings is 2. The van der Waals surface area contributed by atoms with Crippen molar-refractivity contribution in [1.29, 1.82) is 0 Å². The van der Waals surface area contributed by atoms with E-state index in [0.717, 1.165) is 36.0 Å². The molecule has 0 spiro atoms. The van der Waals surface area contributed by atoms with Gasteiger partial charge in [0.1, 0.15) is 18.2 Å². The average molecular weight is 416 g/mol. The first kappa shape index (κ1) is 18.5. The van der Waals surface area contributed by atoms with Crippen molar-refractivity contribution >= 4 is 27.5 Å². The summed E-state index contributed by atoms with van der Waals surface area (Å²) in [6, 6.07) is 11.3. The summed E-state index contributed by atoms with van der Waals surface area (Å²) < 4.78 is 42.4. The number of hydrogen-bond acceptors (Lipinski definition) is 6. The molecule has 4 rings (SSSR count). The van der Waals surface area contributed by atoms with Crippen LogP contribution in [0.3, 0.4) is 0 Å². The number of aromatic nitrogens is 3. The lowest BCUT2D eigenvalue weighted by atomic mass is 9.93. The van der Waals surface area contributed by atoms with Crippen molar-refractivity contribution in [3.05, 3.63) is 82.8 Å². The molecule has 0 radical (unpaired) electrons. The van der Waals surface area contributed by atoms with Crippen molar-refractivity contribution in [3.8, 4) is 0 Å². The van der Waals surface area contributed by atoms with E-state index in [2.05, 4.69) is 19.6 Å². The van der Waals surface area contributed by atoms with Crippen LogP contribution in [0.2, 0.25) is 0 Å². The number of halogens is 1. The average Bonchev–Trinajstić information content (AvgIpc) is 3.19. The molecule has 1 unspecified atom stereocenters. The third kappa shape index (κ3) is 3.61. The van der Waals surface area contributed by atoms with Gasteiger partial charge in [0.25, 0.3) is 10.0 Å². The zero-order valence-electron chi connectivity index (χ0n) is 14.2. The number of aliphatic hydroxyl groups is 1. The third-order valence-electron chi connectivity index (χ3n) is 4.01. The highest BCUT2D eigenvalue weighted by atomic mass is 32.2. The topological polar surface area (TPSA) is 108 Å². The highest BCUT2D eigenvalue weighted by molar-refractivity contribution is 8.03. The monoisotopic (exact) mass is 416 g/mol. The molecule has 1 heterocycles. The molecular weight excluding hydrogens is 403 g/mol. The van der Waals surface area contributed by atoms with Crippen LogP contribution in [0.4, 0.5) is 4.39 Å². The number of hydrogen-bond donors (Lipinski definition) is 2. The van der Waals surface area contributed by atoms with E-state index in [1.807, 2.05) is 0 Å². The first-order valence-electron chi connectivity index (χ1n) is 8.07. The summed E-state index contributed by atoms with van der Waals surface area (Å²) >= 11 is 1.10. The van der Waals surface area contributed by atoms with Gasteiger partial charge in [-0.25, -0.2) is 9.37 Å². The predicted octanol–water partition coefficient (Wildman–Crippen LogP) is 2.85. The van der Waals surface area contributed by atoms with Crippen LogP contribution in [0.5, 0.6) is 0 Å². The molecule has 0 amide bonds. The zero-order chi connectivity index (χ0) is 19.7. The molecule has 1 atom stereocenters. The Hall–Kier alpha value is -2.82. The Bertz CT molecular complexity index is 1170. The Morgan fingerprint density at radius 2 is 1.89 bits per heavy atom. The minimum atomic E-state index is -4.07. The van der Waals surface area contributed by atoms with E-state index < -0.39 is 21.9 Å². The Morgan fingerprint density at radius 1 is 1.14 bits per heavy atom. The summed E-state index contributed by atoms with van der Waals surface area (Å²) in [6.07, 6.45) is 1.93. The number of nitrogens with zero attached hydrogens (tertiary/aromatic N) is 3. The number of sulfonamides is 1. The van der Waals surface area contributed by atoms with E-state index in [0.29, 0.717) is 21.2 Å². The fraction of sp³-hybridized carbons (Fsp3) is 0.0556. The molecule has 1 aliphatic carbocycles. The predicted molar refractivity (Wildman–Crippen MR) is 102 cm³/mol. The first-order chi connectivity index (χ1) is 13.4. The minimum absolute atomic E-state index is 0.124. The minimum Gasteiger partial charge on any atom is -0.383 e. The number of allylic oxidation sites excluding steroid dienone is 1. The van der Waals surface area contributed by atoms with E-state index in [1.54, 1.807) is 24.3 Å². The van der Waals surface area contributed by atoms with E-state index >= 15 is 0 Å². The largest absolute Gasteiger partial charge is 0.383 e. The maximum Gasteiger partial charge on any atom is 0.282 e. The van der Waals surface area contributed by atoms with Crippen LogP contribution in [-0.2, 0) is 10.0 Å². The molecule has 10 heteroatoms. The van der Waals surface area contributed by atoms with Gasteiger partial charge >= 0.3 is 0 Å². The zero-order valence-corrected chi connectivity index (χ0v) is 15.8. The quantitative estimate of drug-likeness (QED) is 0.677. The van der Waals surface area contributed by atoms with Gasteiger partial charge in [-0.3, -0.25) is 5.10 Å². The van der Waals surface area contributed by atoms with Gasteiger partial charge < -0.3 is 5.11 Å². The maximum atomic E-state index is 13.1. The highest BCUT2D eigenvalue weighted by Gasteiger charge is 2.27. The van der Waals surface area contributed by atoms with Gasteiger partial charge in [0, 0.05) is 10.5 Å². The number of thioether (sulfide) groups is 1. The first-order valence-corrected chi connectivity index (χ1v) is 10.3. The standard InChI is InChI=1S/C18H13FN4O3S2/c19-11-5-7-12(8-6-11)28(25,26)23-15-9-16(27-18-20-10-21-22-18)17(24)14-4-2-1-3-13(14)15/h1-10,17,24H,(H,20,21,22)/b23-15-. The van der Waals surface area contributed by atoms with Crippen LogP contribution >= 0.6 is 11.8 Å². The van der Waals surface area contributed by atoms with Crippen molar-refractivity contribution in [1.82, 2.24) is 15.2 Å². The van der Waals surface area contributed by atoms with Crippen LogP contribution in [-0.4, -0.2) is 34.4 Å². The molecule has 0 bridgehead atoms. The molecule has 2 N–H and O–H groups in total. The van der Waals surface area contributed by atoms with E-state index in [-0.39, 0.29) is 10.6 Å². The summed E-state index contributed by atoms with van der Waals surface area (Å²) in [4.78, 5) is 4.32. The maximum absolute atomic E-state index is 13.1. The Kier molecular flexibility index (Phi) is 4.84. The SMILES string of the molecule is O=S(=O)(/N=C1/C=C(Sc2nc[nH]n2)C(O)c2ccccc21)c1ccc(F)cc1. The van der Waals surface area contributed by atoms with Crippen LogP contribution < -0.4 is 0 Å². The summed E-state index contributed by atoms with van der Waals surface area (Å²) in [5.41, 5.74) is 1.19. The van der Waals surface area contributed by atoms with Gasteiger partial charge in [-0.05, 0) is 47.7 Å². The van der Waals surface area contributed by atoms with E-state index in [4.69, 9.17) is 0 Å². The molecule has 7 nitrogen and oxygen atoms in total. The fourth-order valence-electron chi connectivity index (χ4n) is 2.71. The second-order valence-electron chi connectivity index (χ2n) is 5.83. The number of nitrogens with one attached hydrogen (secondary N) is 1. The molecule has 0 saturated heterocycles. The van der Waals surface area contributed by atoms with E-state index in [9.17, 15) is 17.9 Å². The molecule has 1 aromatic heterocycles. The summed E-state index contributed by atoms with van der Waals surface area (Å²) in [6.45, 7) is 0. The number of H-pyrrole nitrogens is 1. The lowest BCUT2D eigenvalue weighted by Gasteiger charge is -2.22. The second-order valence-corrected chi connectivity index (χ2v) is 8.47. The van der Waals surface area contributed by atoms with Crippen molar-refractivity contribution in [2.45, 2.75) is 16.2 Å².